The molecule has 5 heteroatoms. The number of amides is 3. The highest BCUT2D eigenvalue weighted by Gasteiger charge is 2.45. The van der Waals surface area contributed by atoms with Crippen LogP contribution in [0.1, 0.15) is 12.8 Å². The molecular formula is C7H11N3O2. The first-order valence-corrected chi connectivity index (χ1v) is 4.07. The summed E-state index contributed by atoms with van der Waals surface area (Å²) in [6.07, 6.45) is 1.99. The van der Waals surface area contributed by atoms with Crippen LogP contribution in [0.15, 0.2) is 0 Å². The van der Waals surface area contributed by atoms with Gasteiger partial charge in [-0.3, -0.25) is 10.1 Å². The number of hydrogen-bond donors (Lipinski definition) is 2. The second kappa shape index (κ2) is 2.45. The van der Waals surface area contributed by atoms with Crippen molar-refractivity contribution in [1.82, 2.24) is 10.2 Å². The average Bonchev–Trinajstić information content (AvgIpc) is 2.78. The molecule has 1 atom stereocenters. The van der Waals surface area contributed by atoms with E-state index in [4.69, 9.17) is 5.73 Å². The van der Waals surface area contributed by atoms with Crippen molar-refractivity contribution in [2.45, 2.75) is 24.9 Å². The molecule has 2 fully saturated rings. The zero-order valence-electron chi connectivity index (χ0n) is 6.62. The van der Waals surface area contributed by atoms with Gasteiger partial charge in [0.25, 0.3) is 5.91 Å². The summed E-state index contributed by atoms with van der Waals surface area (Å²) in [5.74, 6) is -0.255. The molecule has 0 aromatic rings. The first-order valence-electron chi connectivity index (χ1n) is 4.07. The zero-order chi connectivity index (χ0) is 8.72. The second-order valence-electron chi connectivity index (χ2n) is 3.18. The van der Waals surface area contributed by atoms with Crippen molar-refractivity contribution in [2.75, 3.05) is 6.54 Å². The van der Waals surface area contributed by atoms with Gasteiger partial charge in [0.15, 0.2) is 0 Å². The monoisotopic (exact) mass is 169 g/mol. The summed E-state index contributed by atoms with van der Waals surface area (Å²) in [5.41, 5.74) is 5.39. The number of nitrogens with one attached hydrogen (secondary N) is 1. The minimum absolute atomic E-state index is 0.216. The number of urea groups is 1. The maximum atomic E-state index is 11.2. The number of carbonyl (C=O) groups is 2. The molecule has 1 saturated carbocycles. The molecule has 0 bridgehead atoms. The molecule has 3 N–H and O–H groups in total. The maximum absolute atomic E-state index is 11.2. The molecule has 1 aliphatic carbocycles. The minimum Gasteiger partial charge on any atom is -0.328 e. The van der Waals surface area contributed by atoms with Crippen LogP contribution < -0.4 is 11.1 Å². The highest BCUT2D eigenvalue weighted by atomic mass is 16.2. The van der Waals surface area contributed by atoms with E-state index in [-0.39, 0.29) is 24.5 Å². The predicted octanol–water partition coefficient (Wildman–Crippen LogP) is -0.972. The fourth-order valence-corrected chi connectivity index (χ4v) is 1.51. The van der Waals surface area contributed by atoms with Gasteiger partial charge >= 0.3 is 6.03 Å². The Hall–Kier alpha value is -1.10. The lowest BCUT2D eigenvalue weighted by molar-refractivity contribution is -0.121. The Morgan fingerprint density at radius 1 is 1.50 bits per heavy atom. The van der Waals surface area contributed by atoms with Gasteiger partial charge in [-0.1, -0.05) is 0 Å². The van der Waals surface area contributed by atoms with Crippen LogP contribution in [0, 0.1) is 0 Å². The fourth-order valence-electron chi connectivity index (χ4n) is 1.51. The van der Waals surface area contributed by atoms with Gasteiger partial charge in [-0.2, -0.15) is 0 Å². The number of rotatable bonds is 2. The summed E-state index contributed by atoms with van der Waals surface area (Å²) < 4.78 is 0. The van der Waals surface area contributed by atoms with Gasteiger partial charge in [0.05, 0.1) is 0 Å². The van der Waals surface area contributed by atoms with E-state index in [1.807, 2.05) is 0 Å². The molecular weight excluding hydrogens is 158 g/mol. The van der Waals surface area contributed by atoms with Crippen molar-refractivity contribution >= 4 is 11.9 Å². The molecule has 0 aromatic heterocycles. The molecule has 1 saturated heterocycles. The first-order chi connectivity index (χ1) is 5.74. The topological polar surface area (TPSA) is 75.4 Å². The third kappa shape index (κ3) is 0.972. The molecule has 1 aliphatic heterocycles. The SMILES string of the molecule is NCC1C(=O)NC(=O)N1C1CC1. The number of nitrogens with zero attached hydrogens (tertiary/aromatic N) is 1. The molecule has 2 aliphatic rings. The molecule has 1 heterocycles. The molecule has 12 heavy (non-hydrogen) atoms. The van der Waals surface area contributed by atoms with Crippen molar-refractivity contribution in [3.05, 3.63) is 0 Å². The molecule has 1 unspecified atom stereocenters. The van der Waals surface area contributed by atoms with E-state index in [0.29, 0.717) is 0 Å². The smallest absolute Gasteiger partial charge is 0.325 e. The van der Waals surface area contributed by atoms with Gasteiger partial charge in [-0.05, 0) is 12.8 Å². The highest BCUT2D eigenvalue weighted by Crippen LogP contribution is 2.30. The van der Waals surface area contributed by atoms with Crippen molar-refractivity contribution in [3.63, 3.8) is 0 Å². The van der Waals surface area contributed by atoms with Crippen LogP contribution >= 0.6 is 0 Å². The second-order valence-corrected chi connectivity index (χ2v) is 3.18. The van der Waals surface area contributed by atoms with Crippen LogP contribution in [0.3, 0.4) is 0 Å². The quantitative estimate of drug-likeness (QED) is 0.522. The van der Waals surface area contributed by atoms with E-state index < -0.39 is 6.04 Å². The van der Waals surface area contributed by atoms with Crippen LogP contribution in [0.4, 0.5) is 4.79 Å². The van der Waals surface area contributed by atoms with Crippen LogP contribution in [0.2, 0.25) is 0 Å². The lowest BCUT2D eigenvalue weighted by atomic mass is 10.2. The average molecular weight is 169 g/mol. The van der Waals surface area contributed by atoms with E-state index >= 15 is 0 Å². The lowest BCUT2D eigenvalue weighted by Crippen LogP contribution is -2.41. The molecule has 66 valence electrons. The Morgan fingerprint density at radius 3 is 2.67 bits per heavy atom. The molecule has 0 radical (unpaired) electrons. The first kappa shape index (κ1) is 7.54. The normalized spacial score (nSPS) is 29.4. The van der Waals surface area contributed by atoms with Crippen molar-refractivity contribution in [1.29, 1.82) is 0 Å². The largest absolute Gasteiger partial charge is 0.328 e. The summed E-state index contributed by atoms with van der Waals surface area (Å²) >= 11 is 0. The fraction of sp³-hybridized carbons (Fsp3) is 0.714. The van der Waals surface area contributed by atoms with Gasteiger partial charge in [0.2, 0.25) is 0 Å². The Bertz CT molecular complexity index is 237. The molecule has 0 aromatic carbocycles. The predicted molar refractivity (Wildman–Crippen MR) is 41.2 cm³/mol. The number of hydrogen-bond acceptors (Lipinski definition) is 3. The van der Waals surface area contributed by atoms with E-state index in [9.17, 15) is 9.59 Å². The van der Waals surface area contributed by atoms with Crippen molar-refractivity contribution in [3.8, 4) is 0 Å². The standard InChI is InChI=1S/C7H11N3O2/c8-3-5-6(11)9-7(12)10(5)4-1-2-4/h4-5H,1-3,8H2,(H,9,11,12). The summed E-state index contributed by atoms with van der Waals surface area (Å²) in [7, 11) is 0. The van der Waals surface area contributed by atoms with Crippen molar-refractivity contribution in [2.24, 2.45) is 5.73 Å². The van der Waals surface area contributed by atoms with E-state index in [1.165, 1.54) is 0 Å². The Morgan fingerprint density at radius 2 is 2.17 bits per heavy atom. The minimum atomic E-state index is -0.426. The number of nitrogens with two attached hydrogens (primary N) is 1. The molecule has 2 rings (SSSR count). The Kier molecular flexibility index (Phi) is 1.54. The zero-order valence-corrected chi connectivity index (χ0v) is 6.62. The summed E-state index contributed by atoms with van der Waals surface area (Å²) in [5, 5.41) is 2.26. The Labute approximate surface area is 69.9 Å². The summed E-state index contributed by atoms with van der Waals surface area (Å²) in [6.45, 7) is 0.216. The maximum Gasteiger partial charge on any atom is 0.325 e. The van der Waals surface area contributed by atoms with Gasteiger partial charge in [0.1, 0.15) is 6.04 Å². The summed E-state index contributed by atoms with van der Waals surface area (Å²) in [4.78, 5) is 23.9. The highest BCUT2D eigenvalue weighted by molar-refractivity contribution is 6.04. The van der Waals surface area contributed by atoms with Gasteiger partial charge in [0, 0.05) is 12.6 Å². The lowest BCUT2D eigenvalue weighted by Gasteiger charge is -2.19. The third-order valence-corrected chi connectivity index (χ3v) is 2.27. The molecule has 3 amide bonds. The van der Waals surface area contributed by atoms with Crippen LogP contribution in [0.5, 0.6) is 0 Å². The van der Waals surface area contributed by atoms with Crippen LogP contribution in [-0.2, 0) is 4.79 Å². The van der Waals surface area contributed by atoms with Gasteiger partial charge in [-0.25, -0.2) is 4.79 Å². The molecule has 0 spiro atoms. The van der Waals surface area contributed by atoms with E-state index in [1.54, 1.807) is 4.90 Å². The Balaban J connectivity index is 2.16. The summed E-state index contributed by atoms with van der Waals surface area (Å²) in [6, 6.07) is -0.451. The number of carbonyl (C=O) groups excluding carboxylic acids is 2. The van der Waals surface area contributed by atoms with E-state index in [2.05, 4.69) is 5.32 Å². The van der Waals surface area contributed by atoms with Crippen LogP contribution in [-0.4, -0.2) is 35.5 Å². The van der Waals surface area contributed by atoms with Gasteiger partial charge < -0.3 is 10.6 Å². The number of imide groups is 1. The van der Waals surface area contributed by atoms with Crippen molar-refractivity contribution < 1.29 is 9.59 Å². The van der Waals surface area contributed by atoms with Crippen LogP contribution in [0.25, 0.3) is 0 Å². The third-order valence-electron chi connectivity index (χ3n) is 2.27. The molecule has 5 nitrogen and oxygen atoms in total. The van der Waals surface area contributed by atoms with E-state index in [0.717, 1.165) is 12.8 Å². The van der Waals surface area contributed by atoms with Gasteiger partial charge in [-0.15, -0.1) is 0 Å².